The molecule has 2 heteroatoms. The predicted octanol–water partition coefficient (Wildman–Crippen LogP) is 14.0. The van der Waals surface area contributed by atoms with Gasteiger partial charge in [0.1, 0.15) is 11.2 Å². The van der Waals surface area contributed by atoms with E-state index in [0.717, 1.165) is 55.6 Å². The average molecular weight is 712 g/mol. The molecule has 2 aliphatic carbocycles. The minimum atomic E-state index is -0.428. The molecular formula is C54H33NO. The van der Waals surface area contributed by atoms with Crippen LogP contribution in [0.5, 0.6) is 0 Å². The molecule has 8 aromatic carbocycles. The van der Waals surface area contributed by atoms with Gasteiger partial charge in [-0.05, 0) is 97.1 Å². The Morgan fingerprint density at radius 1 is 0.339 bits per heavy atom. The van der Waals surface area contributed by atoms with Crippen LogP contribution in [0.15, 0.2) is 205 Å². The highest BCUT2D eigenvalue weighted by Crippen LogP contribution is 2.64. The summed E-state index contributed by atoms with van der Waals surface area (Å²) in [5.74, 6) is 0. The monoisotopic (exact) mass is 711 g/mol. The SMILES string of the molecule is c1ccc(-c2cc(-c3ccccc3)nc(-c3cccc4c3oc3ccc(-c5cccc6c5C5(c7ccccc7-c7ccccc75)c5ccccc5-6)cc34)c2)cc1. The topological polar surface area (TPSA) is 26.0 Å². The zero-order valence-corrected chi connectivity index (χ0v) is 30.4. The molecule has 0 amide bonds. The van der Waals surface area contributed by atoms with Crippen LogP contribution in [0.4, 0.5) is 0 Å². The van der Waals surface area contributed by atoms with Gasteiger partial charge in [-0.1, -0.05) is 170 Å². The molecule has 2 heterocycles. The lowest BCUT2D eigenvalue weighted by molar-refractivity contribution is 0.670. The van der Waals surface area contributed by atoms with Crippen molar-refractivity contribution in [2.24, 2.45) is 0 Å². The summed E-state index contributed by atoms with van der Waals surface area (Å²) in [5, 5.41) is 2.17. The van der Waals surface area contributed by atoms with Gasteiger partial charge in [0, 0.05) is 21.9 Å². The Morgan fingerprint density at radius 2 is 0.875 bits per heavy atom. The van der Waals surface area contributed by atoms with Crippen molar-refractivity contribution in [2.45, 2.75) is 5.41 Å². The maximum absolute atomic E-state index is 6.81. The zero-order chi connectivity index (χ0) is 36.8. The first-order valence-electron chi connectivity index (χ1n) is 19.3. The number of hydrogen-bond donors (Lipinski definition) is 0. The van der Waals surface area contributed by atoms with Gasteiger partial charge >= 0.3 is 0 Å². The molecule has 0 atom stereocenters. The van der Waals surface area contributed by atoms with E-state index in [9.17, 15) is 0 Å². The molecule has 2 aliphatic rings. The van der Waals surface area contributed by atoms with Gasteiger partial charge in [-0.2, -0.15) is 0 Å². The fourth-order valence-corrected chi connectivity index (χ4v) is 9.79. The zero-order valence-electron chi connectivity index (χ0n) is 30.4. The number of rotatable bonds is 4. The number of benzene rings is 8. The van der Waals surface area contributed by atoms with Crippen molar-refractivity contribution in [2.75, 3.05) is 0 Å². The van der Waals surface area contributed by atoms with Gasteiger partial charge < -0.3 is 4.42 Å². The van der Waals surface area contributed by atoms with Crippen molar-refractivity contribution in [3.8, 4) is 67.0 Å². The lowest BCUT2D eigenvalue weighted by Gasteiger charge is -2.32. The van der Waals surface area contributed by atoms with E-state index < -0.39 is 5.41 Å². The van der Waals surface area contributed by atoms with E-state index in [1.54, 1.807) is 0 Å². The lowest BCUT2D eigenvalue weighted by atomic mass is 9.68. The number of para-hydroxylation sites is 1. The molecule has 0 N–H and O–H groups in total. The van der Waals surface area contributed by atoms with Crippen LogP contribution in [0.1, 0.15) is 22.3 Å². The fraction of sp³-hybridized carbons (Fsp3) is 0.0185. The van der Waals surface area contributed by atoms with Crippen LogP contribution in [0.2, 0.25) is 0 Å². The molecule has 56 heavy (non-hydrogen) atoms. The third kappa shape index (κ3) is 4.30. The minimum absolute atomic E-state index is 0.428. The second-order valence-corrected chi connectivity index (χ2v) is 15.0. The minimum Gasteiger partial charge on any atom is -0.455 e. The van der Waals surface area contributed by atoms with E-state index in [2.05, 4.69) is 194 Å². The van der Waals surface area contributed by atoms with Crippen LogP contribution in [0, 0.1) is 0 Å². The Labute approximate surface area is 325 Å². The van der Waals surface area contributed by atoms with Gasteiger partial charge in [-0.15, -0.1) is 0 Å². The van der Waals surface area contributed by atoms with E-state index in [1.165, 1.54) is 55.6 Å². The maximum Gasteiger partial charge on any atom is 0.144 e. The molecule has 12 rings (SSSR count). The Balaban J connectivity index is 1.07. The summed E-state index contributed by atoms with van der Waals surface area (Å²) >= 11 is 0. The molecule has 0 saturated carbocycles. The molecule has 2 aromatic heterocycles. The summed E-state index contributed by atoms with van der Waals surface area (Å²) < 4.78 is 6.81. The van der Waals surface area contributed by atoms with E-state index >= 15 is 0 Å². The van der Waals surface area contributed by atoms with E-state index in [1.807, 2.05) is 6.07 Å². The van der Waals surface area contributed by atoms with E-state index in [4.69, 9.17) is 9.40 Å². The van der Waals surface area contributed by atoms with Crippen molar-refractivity contribution < 1.29 is 4.42 Å². The molecule has 0 fully saturated rings. The van der Waals surface area contributed by atoms with Gasteiger partial charge in [0.15, 0.2) is 0 Å². The summed E-state index contributed by atoms with van der Waals surface area (Å²) in [6.45, 7) is 0. The highest BCUT2D eigenvalue weighted by atomic mass is 16.3. The number of fused-ring (bicyclic) bond motifs is 13. The third-order valence-corrected chi connectivity index (χ3v) is 12.1. The number of pyridine rings is 1. The molecule has 2 nitrogen and oxygen atoms in total. The van der Waals surface area contributed by atoms with Crippen LogP contribution in [-0.2, 0) is 5.41 Å². The number of furan rings is 1. The first-order chi connectivity index (χ1) is 27.8. The molecule has 0 radical (unpaired) electrons. The van der Waals surface area contributed by atoms with Crippen LogP contribution in [-0.4, -0.2) is 4.98 Å². The summed E-state index contributed by atoms with van der Waals surface area (Å²) in [7, 11) is 0. The molecule has 260 valence electrons. The van der Waals surface area contributed by atoms with Gasteiger partial charge in [0.25, 0.3) is 0 Å². The van der Waals surface area contributed by atoms with Gasteiger partial charge in [0.2, 0.25) is 0 Å². The van der Waals surface area contributed by atoms with Gasteiger partial charge in [-0.3, -0.25) is 0 Å². The summed E-state index contributed by atoms with van der Waals surface area (Å²) in [6, 6.07) is 72.4. The Kier molecular flexibility index (Phi) is 6.58. The smallest absolute Gasteiger partial charge is 0.144 e. The van der Waals surface area contributed by atoms with Crippen molar-refractivity contribution in [1.29, 1.82) is 0 Å². The maximum atomic E-state index is 6.81. The number of aromatic nitrogens is 1. The van der Waals surface area contributed by atoms with Crippen LogP contribution >= 0.6 is 0 Å². The predicted molar refractivity (Wildman–Crippen MR) is 230 cm³/mol. The van der Waals surface area contributed by atoms with E-state index in [0.29, 0.717) is 0 Å². The summed E-state index contributed by atoms with van der Waals surface area (Å²) in [4.78, 5) is 5.26. The molecular weight excluding hydrogens is 679 g/mol. The molecule has 0 bridgehead atoms. The lowest BCUT2D eigenvalue weighted by Crippen LogP contribution is -2.26. The summed E-state index contributed by atoms with van der Waals surface area (Å²) in [5.41, 5.74) is 20.4. The highest BCUT2D eigenvalue weighted by molar-refractivity contribution is 6.11. The van der Waals surface area contributed by atoms with Crippen LogP contribution < -0.4 is 0 Å². The van der Waals surface area contributed by atoms with Crippen molar-refractivity contribution >= 4 is 21.9 Å². The third-order valence-electron chi connectivity index (χ3n) is 12.1. The van der Waals surface area contributed by atoms with Crippen molar-refractivity contribution in [3.63, 3.8) is 0 Å². The largest absolute Gasteiger partial charge is 0.455 e. The first-order valence-corrected chi connectivity index (χ1v) is 19.3. The van der Waals surface area contributed by atoms with Crippen LogP contribution in [0.25, 0.3) is 89.0 Å². The highest BCUT2D eigenvalue weighted by Gasteiger charge is 2.52. The molecule has 1 spiro atoms. The molecule has 10 aromatic rings. The fourth-order valence-electron chi connectivity index (χ4n) is 9.79. The van der Waals surface area contributed by atoms with Gasteiger partial charge in [0.05, 0.1) is 16.8 Å². The average Bonchev–Trinajstić information content (AvgIpc) is 3.91. The Hall–Kier alpha value is -7.29. The first kappa shape index (κ1) is 31.1. The second-order valence-electron chi connectivity index (χ2n) is 15.0. The number of hydrogen-bond acceptors (Lipinski definition) is 2. The van der Waals surface area contributed by atoms with Gasteiger partial charge in [-0.25, -0.2) is 4.98 Å². The molecule has 0 saturated heterocycles. The van der Waals surface area contributed by atoms with Crippen LogP contribution in [0.3, 0.4) is 0 Å². The second kappa shape index (κ2) is 11.9. The Morgan fingerprint density at radius 3 is 1.57 bits per heavy atom. The standard InChI is InChI=1S/C54H33NO/c1-3-15-34(16-4-1)37-32-49(35-17-5-2-6-18-35)55-50(33-37)44-25-14-24-43-45-31-36(29-30-51(45)56-53(43)44)38-22-13-23-42-41-21-9-12-28-48(41)54(52(38)42)46-26-10-7-19-39(46)40-20-8-11-27-47(40)54/h1-33H. The summed E-state index contributed by atoms with van der Waals surface area (Å²) in [6.07, 6.45) is 0. The van der Waals surface area contributed by atoms with E-state index in [-0.39, 0.29) is 0 Å². The Bertz CT molecular complexity index is 3070. The van der Waals surface area contributed by atoms with Crippen molar-refractivity contribution in [3.05, 3.63) is 222 Å². The quantitative estimate of drug-likeness (QED) is 0.182. The number of nitrogens with zero attached hydrogens (tertiary/aromatic N) is 1. The van der Waals surface area contributed by atoms with Crippen molar-refractivity contribution in [1.82, 2.24) is 4.98 Å². The normalized spacial score (nSPS) is 13.1. The molecule has 0 unspecified atom stereocenters. The molecule has 0 aliphatic heterocycles.